The van der Waals surface area contributed by atoms with Crippen LogP contribution in [0.1, 0.15) is 12.5 Å². The molecule has 0 bridgehead atoms. The number of halogens is 1. The molecule has 2 aromatic carbocycles. The SMILES string of the molecule is CN=C(NCc1cccc(OC)c1OC)NCC(C)Oc1cccc(F)c1. The van der Waals surface area contributed by atoms with E-state index in [1.54, 1.807) is 33.4 Å². The first-order valence-electron chi connectivity index (χ1n) is 8.64. The lowest BCUT2D eigenvalue weighted by Crippen LogP contribution is -2.41. The maximum absolute atomic E-state index is 13.2. The quantitative estimate of drug-likeness (QED) is 0.549. The van der Waals surface area contributed by atoms with E-state index < -0.39 is 0 Å². The van der Waals surface area contributed by atoms with Crippen molar-refractivity contribution in [3.63, 3.8) is 0 Å². The highest BCUT2D eigenvalue weighted by atomic mass is 19.1. The molecule has 0 radical (unpaired) electrons. The number of aliphatic imine (C=N–C) groups is 1. The molecule has 0 heterocycles. The fraction of sp³-hybridized carbons (Fsp3) is 0.350. The molecule has 146 valence electrons. The van der Waals surface area contributed by atoms with Gasteiger partial charge in [0.15, 0.2) is 17.5 Å². The summed E-state index contributed by atoms with van der Waals surface area (Å²) < 4.78 is 29.7. The van der Waals surface area contributed by atoms with Gasteiger partial charge in [-0.25, -0.2) is 4.39 Å². The Morgan fingerprint density at radius 1 is 1.11 bits per heavy atom. The van der Waals surface area contributed by atoms with E-state index in [0.717, 1.165) is 5.56 Å². The Morgan fingerprint density at radius 2 is 1.89 bits per heavy atom. The maximum Gasteiger partial charge on any atom is 0.191 e. The Bertz CT molecular complexity index is 768. The molecule has 0 aliphatic carbocycles. The van der Waals surface area contributed by atoms with Gasteiger partial charge in [-0.2, -0.15) is 0 Å². The van der Waals surface area contributed by atoms with Gasteiger partial charge in [-0.15, -0.1) is 0 Å². The summed E-state index contributed by atoms with van der Waals surface area (Å²) in [6, 6.07) is 11.8. The summed E-state index contributed by atoms with van der Waals surface area (Å²) in [6.45, 7) is 2.92. The normalized spacial score (nSPS) is 12.3. The van der Waals surface area contributed by atoms with Crippen molar-refractivity contribution in [3.8, 4) is 17.2 Å². The summed E-state index contributed by atoms with van der Waals surface area (Å²) in [4.78, 5) is 4.20. The molecule has 0 aromatic heterocycles. The summed E-state index contributed by atoms with van der Waals surface area (Å²) in [6.07, 6.45) is -0.170. The van der Waals surface area contributed by atoms with Crippen LogP contribution >= 0.6 is 0 Å². The first kappa shape index (κ1) is 20.4. The first-order chi connectivity index (χ1) is 13.1. The van der Waals surface area contributed by atoms with Crippen molar-refractivity contribution in [2.75, 3.05) is 27.8 Å². The third-order valence-corrected chi connectivity index (χ3v) is 3.84. The highest BCUT2D eigenvalue weighted by molar-refractivity contribution is 5.79. The van der Waals surface area contributed by atoms with E-state index in [2.05, 4.69) is 15.6 Å². The van der Waals surface area contributed by atoms with Gasteiger partial charge in [0, 0.05) is 25.2 Å². The standard InChI is InChI=1S/C20H26FN3O3/c1-14(27-17-9-6-8-16(21)11-17)12-23-20(22-2)24-13-15-7-5-10-18(25-3)19(15)26-4/h5-11,14H,12-13H2,1-4H3,(H2,22,23,24). The van der Waals surface area contributed by atoms with Gasteiger partial charge in [0.05, 0.1) is 20.8 Å². The van der Waals surface area contributed by atoms with E-state index in [0.29, 0.717) is 36.3 Å². The molecule has 2 rings (SSSR count). The van der Waals surface area contributed by atoms with Gasteiger partial charge >= 0.3 is 0 Å². The second kappa shape index (κ2) is 10.3. The third-order valence-electron chi connectivity index (χ3n) is 3.84. The van der Waals surface area contributed by atoms with Crippen LogP contribution in [0, 0.1) is 5.82 Å². The van der Waals surface area contributed by atoms with Crippen molar-refractivity contribution >= 4 is 5.96 Å². The lowest BCUT2D eigenvalue weighted by Gasteiger charge is -2.18. The molecule has 1 atom stereocenters. The summed E-state index contributed by atoms with van der Waals surface area (Å²) in [5, 5.41) is 6.42. The van der Waals surface area contributed by atoms with Crippen molar-refractivity contribution < 1.29 is 18.6 Å². The molecular weight excluding hydrogens is 349 g/mol. The molecule has 0 saturated carbocycles. The van der Waals surface area contributed by atoms with Crippen LogP contribution in [0.15, 0.2) is 47.5 Å². The minimum Gasteiger partial charge on any atom is -0.493 e. The predicted molar refractivity (Wildman–Crippen MR) is 104 cm³/mol. The van der Waals surface area contributed by atoms with E-state index in [4.69, 9.17) is 14.2 Å². The predicted octanol–water partition coefficient (Wildman–Crippen LogP) is 2.98. The zero-order chi connectivity index (χ0) is 19.6. The zero-order valence-electron chi connectivity index (χ0n) is 16.1. The number of hydrogen-bond acceptors (Lipinski definition) is 4. The molecule has 1 unspecified atom stereocenters. The number of nitrogens with zero attached hydrogens (tertiary/aromatic N) is 1. The summed E-state index contributed by atoms with van der Waals surface area (Å²) in [7, 11) is 4.91. The van der Waals surface area contributed by atoms with Crippen molar-refractivity contribution in [1.82, 2.24) is 10.6 Å². The third kappa shape index (κ3) is 6.06. The molecule has 27 heavy (non-hydrogen) atoms. The second-order valence-electron chi connectivity index (χ2n) is 5.85. The Hall–Kier alpha value is -2.96. The van der Waals surface area contributed by atoms with Crippen LogP contribution in [-0.4, -0.2) is 39.9 Å². The molecule has 0 amide bonds. The van der Waals surface area contributed by atoms with Gasteiger partial charge in [0.1, 0.15) is 17.7 Å². The van der Waals surface area contributed by atoms with Gasteiger partial charge < -0.3 is 24.8 Å². The summed E-state index contributed by atoms with van der Waals surface area (Å²) in [5.41, 5.74) is 0.948. The second-order valence-corrected chi connectivity index (χ2v) is 5.85. The molecule has 0 fully saturated rings. The molecule has 0 aliphatic rings. The van der Waals surface area contributed by atoms with Gasteiger partial charge in [-0.1, -0.05) is 18.2 Å². The largest absolute Gasteiger partial charge is 0.493 e. The lowest BCUT2D eigenvalue weighted by atomic mass is 10.2. The average molecular weight is 375 g/mol. The first-order valence-corrected chi connectivity index (χ1v) is 8.64. The molecule has 0 saturated heterocycles. The fourth-order valence-corrected chi connectivity index (χ4v) is 2.55. The number of hydrogen-bond donors (Lipinski definition) is 2. The van der Waals surface area contributed by atoms with Crippen LogP contribution in [0.3, 0.4) is 0 Å². The molecular formula is C20H26FN3O3. The summed E-state index contributed by atoms with van der Waals surface area (Å²) in [5.74, 6) is 2.16. The van der Waals surface area contributed by atoms with Gasteiger partial charge in [0.25, 0.3) is 0 Å². The van der Waals surface area contributed by atoms with E-state index >= 15 is 0 Å². The van der Waals surface area contributed by atoms with E-state index in [1.807, 2.05) is 25.1 Å². The van der Waals surface area contributed by atoms with Crippen molar-refractivity contribution in [3.05, 3.63) is 53.8 Å². The Kier molecular flexibility index (Phi) is 7.73. The highest BCUT2D eigenvalue weighted by Gasteiger charge is 2.11. The Morgan fingerprint density at radius 3 is 2.56 bits per heavy atom. The highest BCUT2D eigenvalue weighted by Crippen LogP contribution is 2.30. The fourth-order valence-electron chi connectivity index (χ4n) is 2.55. The van der Waals surface area contributed by atoms with Crippen molar-refractivity contribution in [2.24, 2.45) is 4.99 Å². The molecule has 0 aliphatic heterocycles. The Balaban J connectivity index is 1.87. The number of ether oxygens (including phenoxy) is 3. The van der Waals surface area contributed by atoms with Gasteiger partial charge in [0.2, 0.25) is 0 Å². The van der Waals surface area contributed by atoms with Crippen molar-refractivity contribution in [1.29, 1.82) is 0 Å². The monoisotopic (exact) mass is 375 g/mol. The number of rotatable bonds is 8. The van der Waals surface area contributed by atoms with Crippen molar-refractivity contribution in [2.45, 2.75) is 19.6 Å². The van der Waals surface area contributed by atoms with Crippen LogP contribution < -0.4 is 24.8 Å². The number of guanidine groups is 1. The molecule has 2 N–H and O–H groups in total. The molecule has 6 nitrogen and oxygen atoms in total. The van der Waals surface area contributed by atoms with Crippen LogP contribution in [0.2, 0.25) is 0 Å². The van der Waals surface area contributed by atoms with E-state index in [9.17, 15) is 4.39 Å². The van der Waals surface area contributed by atoms with E-state index in [-0.39, 0.29) is 11.9 Å². The maximum atomic E-state index is 13.2. The lowest BCUT2D eigenvalue weighted by molar-refractivity contribution is 0.223. The minimum atomic E-state index is -0.322. The van der Waals surface area contributed by atoms with Crippen LogP contribution in [0.5, 0.6) is 17.2 Å². The molecule has 0 spiro atoms. The topological polar surface area (TPSA) is 64.1 Å². The minimum absolute atomic E-state index is 0.170. The number of nitrogens with one attached hydrogen (secondary N) is 2. The zero-order valence-corrected chi connectivity index (χ0v) is 16.1. The summed E-state index contributed by atoms with van der Waals surface area (Å²) >= 11 is 0. The van der Waals surface area contributed by atoms with E-state index in [1.165, 1.54) is 12.1 Å². The van der Waals surface area contributed by atoms with Gasteiger partial charge in [-0.3, -0.25) is 4.99 Å². The smallest absolute Gasteiger partial charge is 0.191 e. The van der Waals surface area contributed by atoms with Crippen LogP contribution in [-0.2, 0) is 6.54 Å². The molecule has 2 aromatic rings. The Labute approximate surface area is 159 Å². The average Bonchev–Trinajstić information content (AvgIpc) is 2.67. The number of benzene rings is 2. The number of para-hydroxylation sites is 1. The van der Waals surface area contributed by atoms with Crippen LogP contribution in [0.25, 0.3) is 0 Å². The molecule has 7 heteroatoms. The van der Waals surface area contributed by atoms with Crippen LogP contribution in [0.4, 0.5) is 4.39 Å². The van der Waals surface area contributed by atoms with Gasteiger partial charge in [-0.05, 0) is 25.1 Å². The number of methoxy groups -OCH3 is 2.